The molecule has 8 aliphatic heterocycles. The number of allylic oxidation sites excluding steroid dienone is 7. The Morgan fingerprint density at radius 3 is 1.15 bits per heavy atom. The van der Waals surface area contributed by atoms with Gasteiger partial charge >= 0.3 is 0 Å². The van der Waals surface area contributed by atoms with E-state index in [4.69, 9.17) is 15.0 Å². The maximum Gasteiger partial charge on any atom is 0.131 e. The van der Waals surface area contributed by atoms with Crippen LogP contribution in [0.15, 0.2) is 147 Å². The number of rotatable bonds is 11. The lowest BCUT2D eigenvalue weighted by Gasteiger charge is -2.34. The first kappa shape index (κ1) is 39.3. The van der Waals surface area contributed by atoms with Crippen molar-refractivity contribution in [2.24, 2.45) is 15.0 Å². The van der Waals surface area contributed by atoms with Crippen molar-refractivity contribution in [3.8, 4) is 0 Å². The fourth-order valence-electron chi connectivity index (χ4n) is 9.75. The lowest BCUT2D eigenvalue weighted by molar-refractivity contribution is 0.202. The van der Waals surface area contributed by atoms with Gasteiger partial charge in [0.15, 0.2) is 0 Å². The van der Waals surface area contributed by atoms with Crippen molar-refractivity contribution in [3.05, 3.63) is 144 Å². The maximum absolute atomic E-state index is 5.66. The first-order valence-corrected chi connectivity index (χ1v) is 22.2. The average Bonchev–Trinajstić information content (AvgIpc) is 4.13. The summed E-state index contributed by atoms with van der Waals surface area (Å²) < 4.78 is 0. The minimum Gasteiger partial charge on any atom is -0.354 e. The molecule has 8 bridgehead atoms. The van der Waals surface area contributed by atoms with Gasteiger partial charge in [-0.1, -0.05) is 0 Å². The van der Waals surface area contributed by atoms with Crippen LogP contribution in [0.25, 0.3) is 11.1 Å². The standard InChI is InChI=1S/C48H60N12/c1-9-53-25-26-54(10-2)45(53)41-33-17-19-35(49-33)42(46-55(11-3)27-28-56(46)12-4)37-21-23-39(51-37)44(48-59(15-7)31-32-60(48)16-8)40-24-22-38(52-40)43(36-20-18-34(41)50-36)47-57(13-5)29-30-58(47)14-6/h17-32,45-47,51H,9-16H2,1-8H3. The van der Waals surface area contributed by atoms with Crippen LogP contribution in [0.3, 0.4) is 0 Å². The minimum atomic E-state index is -0.0651. The average molecular weight is 805 g/mol. The van der Waals surface area contributed by atoms with Crippen LogP contribution in [0.2, 0.25) is 0 Å². The molecule has 0 aromatic carbocycles. The normalized spacial score (nSPS) is 21.6. The summed E-state index contributed by atoms with van der Waals surface area (Å²) in [6.07, 6.45) is 30.8. The Hall–Kier alpha value is -6.17. The van der Waals surface area contributed by atoms with E-state index in [-0.39, 0.29) is 18.5 Å². The Morgan fingerprint density at radius 2 is 0.750 bits per heavy atom. The van der Waals surface area contributed by atoms with Crippen LogP contribution in [0.5, 0.6) is 0 Å². The van der Waals surface area contributed by atoms with Crippen LogP contribution in [0.1, 0.15) is 66.8 Å². The van der Waals surface area contributed by atoms with Crippen molar-refractivity contribution in [3.63, 3.8) is 0 Å². The first-order chi connectivity index (χ1) is 29.4. The minimum absolute atomic E-state index is 0.0416. The zero-order valence-corrected chi connectivity index (χ0v) is 36.5. The van der Waals surface area contributed by atoms with E-state index in [1.54, 1.807) is 0 Å². The van der Waals surface area contributed by atoms with Gasteiger partial charge in [0, 0.05) is 124 Å². The highest BCUT2D eigenvalue weighted by Crippen LogP contribution is 2.41. The molecule has 60 heavy (non-hydrogen) atoms. The van der Waals surface area contributed by atoms with Crippen molar-refractivity contribution < 1.29 is 0 Å². The molecule has 1 N–H and O–H groups in total. The molecule has 0 spiro atoms. The van der Waals surface area contributed by atoms with Crippen molar-refractivity contribution >= 4 is 28.3 Å². The molecule has 0 saturated carbocycles. The van der Waals surface area contributed by atoms with E-state index in [2.05, 4.69) is 198 Å². The van der Waals surface area contributed by atoms with Crippen LogP contribution < -0.4 is 0 Å². The lowest BCUT2D eigenvalue weighted by atomic mass is 10.0. The molecule has 1 aromatic rings. The monoisotopic (exact) mass is 805 g/mol. The number of aromatic nitrogens is 1. The number of nitrogens with zero attached hydrogens (tertiary/aromatic N) is 11. The summed E-state index contributed by atoms with van der Waals surface area (Å²) in [5.41, 5.74) is 12.1. The van der Waals surface area contributed by atoms with E-state index in [0.29, 0.717) is 0 Å². The summed E-state index contributed by atoms with van der Waals surface area (Å²) in [5, 5.41) is 0. The number of fused-ring (bicyclic) bond motifs is 5. The number of hydrogen-bond donors (Lipinski definition) is 1. The van der Waals surface area contributed by atoms with Gasteiger partial charge < -0.3 is 44.2 Å². The number of H-pyrrole nitrogens is 1. The number of aromatic amines is 1. The summed E-state index contributed by atoms with van der Waals surface area (Å²) >= 11 is 0. The van der Waals surface area contributed by atoms with Gasteiger partial charge in [-0.2, -0.15) is 0 Å². The second kappa shape index (κ2) is 16.1. The molecule has 9 heterocycles. The smallest absolute Gasteiger partial charge is 0.131 e. The summed E-state index contributed by atoms with van der Waals surface area (Å²) in [6, 6.07) is 4.50. The molecule has 12 heteroatoms. The number of aliphatic imine (C=N–C) groups is 3. The Labute approximate surface area is 356 Å². The van der Waals surface area contributed by atoms with E-state index >= 15 is 0 Å². The molecule has 9 rings (SSSR count). The van der Waals surface area contributed by atoms with Crippen molar-refractivity contribution in [2.45, 2.75) is 73.9 Å². The van der Waals surface area contributed by atoms with Crippen molar-refractivity contribution in [2.75, 3.05) is 52.4 Å². The molecule has 0 unspecified atom stereocenters. The molecule has 8 aliphatic rings. The summed E-state index contributed by atoms with van der Waals surface area (Å²) in [7, 11) is 0. The van der Waals surface area contributed by atoms with E-state index in [1.807, 2.05) is 0 Å². The van der Waals surface area contributed by atoms with Gasteiger partial charge in [0.1, 0.15) is 24.3 Å². The molecule has 0 radical (unpaired) electrons. The van der Waals surface area contributed by atoms with Gasteiger partial charge in [0.2, 0.25) is 0 Å². The quantitative estimate of drug-likeness (QED) is 0.248. The zero-order chi connectivity index (χ0) is 41.7. The molecule has 0 fully saturated rings. The van der Waals surface area contributed by atoms with Crippen molar-refractivity contribution in [1.82, 2.24) is 44.2 Å². The third-order valence-corrected chi connectivity index (χ3v) is 12.9. The van der Waals surface area contributed by atoms with Gasteiger partial charge in [-0.25, -0.2) is 15.0 Å². The molecule has 312 valence electrons. The molecule has 0 atom stereocenters. The summed E-state index contributed by atoms with van der Waals surface area (Å²) in [6.45, 7) is 24.6. The van der Waals surface area contributed by atoms with Gasteiger partial charge in [-0.3, -0.25) is 0 Å². The molecular weight excluding hydrogens is 745 g/mol. The van der Waals surface area contributed by atoms with Crippen LogP contribution in [0.4, 0.5) is 0 Å². The SMILES string of the molecule is CCN1C=CN(CC)C1=C1C2=NC(=C(C3N(CC)C=CN3CC)C3=NC(=C(C4N(CC)C=CN4CC)C4=NC(=C(C5N(CC)C=CN5CC)c5ccc1[nH]5)C=C4)C=C3)C=C2. The third kappa shape index (κ3) is 6.30. The highest BCUT2D eigenvalue weighted by molar-refractivity contribution is 6.31. The fourth-order valence-corrected chi connectivity index (χ4v) is 9.75. The van der Waals surface area contributed by atoms with Crippen LogP contribution in [-0.4, -0.2) is 132 Å². The van der Waals surface area contributed by atoms with Gasteiger partial charge in [0.05, 0.1) is 45.5 Å². The van der Waals surface area contributed by atoms with Gasteiger partial charge in [-0.15, -0.1) is 0 Å². The van der Waals surface area contributed by atoms with Crippen molar-refractivity contribution in [1.29, 1.82) is 0 Å². The largest absolute Gasteiger partial charge is 0.354 e. The predicted octanol–water partition coefficient (Wildman–Crippen LogP) is 7.44. The van der Waals surface area contributed by atoms with Gasteiger partial charge in [0.25, 0.3) is 0 Å². The Kier molecular flexibility index (Phi) is 10.6. The number of hydrogen-bond acceptors (Lipinski definition) is 11. The second-order valence-corrected chi connectivity index (χ2v) is 15.7. The topological polar surface area (TPSA) is 78.8 Å². The Morgan fingerprint density at radius 1 is 0.400 bits per heavy atom. The number of likely N-dealkylation sites (N-methyl/N-ethyl adjacent to an activating group) is 6. The van der Waals surface area contributed by atoms with E-state index in [0.717, 1.165) is 126 Å². The second-order valence-electron chi connectivity index (χ2n) is 15.7. The Balaban J connectivity index is 1.36. The van der Waals surface area contributed by atoms with E-state index in [9.17, 15) is 0 Å². The number of nitrogens with one attached hydrogen (secondary N) is 1. The zero-order valence-electron chi connectivity index (χ0n) is 36.5. The lowest BCUT2D eigenvalue weighted by Crippen LogP contribution is -2.42. The molecular formula is C48H60N12. The van der Waals surface area contributed by atoms with E-state index < -0.39 is 0 Å². The molecule has 0 amide bonds. The maximum atomic E-state index is 5.66. The van der Waals surface area contributed by atoms with Crippen LogP contribution in [0, 0.1) is 0 Å². The van der Waals surface area contributed by atoms with Crippen LogP contribution >= 0.6 is 0 Å². The summed E-state index contributed by atoms with van der Waals surface area (Å²) in [4.78, 5) is 40.1. The van der Waals surface area contributed by atoms with E-state index in [1.165, 1.54) is 0 Å². The molecule has 0 saturated heterocycles. The fraction of sp³-hybridized carbons (Fsp3) is 0.396. The molecule has 0 aliphatic carbocycles. The molecule has 1 aromatic heterocycles. The highest BCUT2D eigenvalue weighted by atomic mass is 15.4. The van der Waals surface area contributed by atoms with Gasteiger partial charge in [-0.05, 0) is 104 Å². The predicted molar refractivity (Wildman–Crippen MR) is 245 cm³/mol. The Bertz CT molecular complexity index is 2290. The third-order valence-electron chi connectivity index (χ3n) is 12.9. The first-order valence-electron chi connectivity index (χ1n) is 22.2. The highest BCUT2D eigenvalue weighted by Gasteiger charge is 2.39. The van der Waals surface area contributed by atoms with Crippen LogP contribution in [-0.2, 0) is 0 Å². The molecule has 12 nitrogen and oxygen atoms in total. The summed E-state index contributed by atoms with van der Waals surface area (Å²) in [5.74, 6) is 1.12.